The summed E-state index contributed by atoms with van der Waals surface area (Å²) in [6.45, 7) is 1.19. The third kappa shape index (κ3) is 2.13. The number of nitrogens with two attached hydrogens (primary N) is 1. The van der Waals surface area contributed by atoms with Gasteiger partial charge in [-0.25, -0.2) is 0 Å². The van der Waals surface area contributed by atoms with Crippen LogP contribution in [0.1, 0.15) is 25.7 Å². The van der Waals surface area contributed by atoms with Crippen LogP contribution in [0.4, 0.5) is 0 Å². The Labute approximate surface area is 106 Å². The maximum Gasteiger partial charge on any atom is 0.239 e. The molecule has 0 bridgehead atoms. The number of nitrogens with zero attached hydrogens (tertiary/aromatic N) is 1. The van der Waals surface area contributed by atoms with Gasteiger partial charge in [0.25, 0.3) is 0 Å². The molecule has 2 amide bonds. The predicted molar refractivity (Wildman–Crippen MR) is 67.3 cm³/mol. The summed E-state index contributed by atoms with van der Waals surface area (Å²) in [4.78, 5) is 25.7. The molecule has 1 aliphatic heterocycles. The number of carbonyl (C=O) groups is 2. The molecular formula is C11H17N3O2S. The van der Waals surface area contributed by atoms with Crippen molar-refractivity contribution in [3.63, 3.8) is 0 Å². The first-order valence-corrected chi connectivity index (χ1v) is 6.33. The standard InChI is InChI=1S/C11H17N3O2S/c12-9(17)11(3-1-2-4-11)10(16)14-6-5-13-8(15)7-14/h1-7H2,(H2,12,17)(H,13,15). The van der Waals surface area contributed by atoms with Gasteiger partial charge in [0.15, 0.2) is 0 Å². The minimum atomic E-state index is -0.688. The maximum atomic E-state index is 12.5. The molecule has 17 heavy (non-hydrogen) atoms. The number of carbonyl (C=O) groups excluding carboxylic acids is 2. The summed E-state index contributed by atoms with van der Waals surface area (Å²) >= 11 is 5.07. The maximum absolute atomic E-state index is 12.5. The average molecular weight is 255 g/mol. The van der Waals surface area contributed by atoms with Crippen molar-refractivity contribution >= 4 is 29.0 Å². The van der Waals surface area contributed by atoms with Crippen molar-refractivity contribution in [3.8, 4) is 0 Å². The van der Waals surface area contributed by atoms with Gasteiger partial charge in [-0.05, 0) is 12.8 Å². The molecule has 1 aliphatic carbocycles. The molecule has 0 spiro atoms. The van der Waals surface area contributed by atoms with Crippen LogP contribution in [0.2, 0.25) is 0 Å². The lowest BCUT2D eigenvalue weighted by atomic mass is 9.84. The number of hydrogen-bond acceptors (Lipinski definition) is 3. The molecule has 2 aliphatic rings. The molecule has 1 saturated heterocycles. The summed E-state index contributed by atoms with van der Waals surface area (Å²) in [5.41, 5.74) is 5.07. The molecule has 2 rings (SSSR count). The molecule has 1 saturated carbocycles. The average Bonchev–Trinajstić information content (AvgIpc) is 2.78. The fourth-order valence-corrected chi connectivity index (χ4v) is 2.95. The number of piperazine rings is 1. The predicted octanol–water partition coefficient (Wildman–Crippen LogP) is -0.209. The fourth-order valence-electron chi connectivity index (χ4n) is 2.66. The molecule has 94 valence electrons. The third-order valence-electron chi connectivity index (χ3n) is 3.66. The highest BCUT2D eigenvalue weighted by Crippen LogP contribution is 2.40. The van der Waals surface area contributed by atoms with E-state index >= 15 is 0 Å². The molecule has 0 aromatic heterocycles. The van der Waals surface area contributed by atoms with Gasteiger partial charge in [0, 0.05) is 13.1 Å². The van der Waals surface area contributed by atoms with E-state index in [0.717, 1.165) is 25.7 Å². The number of nitrogens with one attached hydrogen (secondary N) is 1. The summed E-state index contributed by atoms with van der Waals surface area (Å²) in [5, 5.41) is 2.70. The third-order valence-corrected chi connectivity index (χ3v) is 4.05. The van der Waals surface area contributed by atoms with E-state index in [1.54, 1.807) is 4.90 Å². The smallest absolute Gasteiger partial charge is 0.239 e. The van der Waals surface area contributed by atoms with Gasteiger partial charge in [-0.2, -0.15) is 0 Å². The van der Waals surface area contributed by atoms with Crippen LogP contribution in [0.25, 0.3) is 0 Å². The van der Waals surface area contributed by atoms with Gasteiger partial charge in [-0.3, -0.25) is 9.59 Å². The largest absolute Gasteiger partial charge is 0.392 e. The Balaban J connectivity index is 2.16. The lowest BCUT2D eigenvalue weighted by Gasteiger charge is -2.35. The molecule has 0 unspecified atom stereocenters. The number of rotatable bonds is 2. The highest BCUT2D eigenvalue weighted by Gasteiger charge is 2.46. The van der Waals surface area contributed by atoms with Gasteiger partial charge in [0.05, 0.1) is 16.9 Å². The van der Waals surface area contributed by atoms with E-state index in [1.165, 1.54) is 0 Å². The minimum Gasteiger partial charge on any atom is -0.392 e. The van der Waals surface area contributed by atoms with Crippen LogP contribution in [0.15, 0.2) is 0 Å². The van der Waals surface area contributed by atoms with Crippen LogP contribution in [0, 0.1) is 5.41 Å². The van der Waals surface area contributed by atoms with Crippen molar-refractivity contribution in [2.45, 2.75) is 25.7 Å². The number of thiocarbonyl (C=S) groups is 1. The van der Waals surface area contributed by atoms with Crippen LogP contribution in [-0.4, -0.2) is 41.3 Å². The molecule has 0 atom stereocenters. The normalized spacial score (nSPS) is 23.3. The highest BCUT2D eigenvalue weighted by atomic mass is 32.1. The zero-order valence-corrected chi connectivity index (χ0v) is 10.5. The molecule has 0 aromatic carbocycles. The SMILES string of the molecule is NC(=S)C1(C(=O)N2CCNC(=O)C2)CCCC1. The van der Waals surface area contributed by atoms with Crippen LogP contribution in [0.3, 0.4) is 0 Å². The molecule has 3 N–H and O–H groups in total. The molecule has 5 nitrogen and oxygen atoms in total. The molecule has 2 fully saturated rings. The van der Waals surface area contributed by atoms with Crippen LogP contribution in [0.5, 0.6) is 0 Å². The van der Waals surface area contributed by atoms with E-state index in [4.69, 9.17) is 18.0 Å². The topological polar surface area (TPSA) is 75.4 Å². The van der Waals surface area contributed by atoms with Crippen LogP contribution in [-0.2, 0) is 9.59 Å². The lowest BCUT2D eigenvalue weighted by Crippen LogP contribution is -2.56. The zero-order valence-electron chi connectivity index (χ0n) is 9.70. The van der Waals surface area contributed by atoms with Crippen molar-refractivity contribution in [2.24, 2.45) is 11.1 Å². The van der Waals surface area contributed by atoms with E-state index in [1.807, 2.05) is 0 Å². The monoisotopic (exact) mass is 255 g/mol. The Morgan fingerprint density at radius 2 is 2.06 bits per heavy atom. The van der Waals surface area contributed by atoms with Crippen molar-refractivity contribution in [1.29, 1.82) is 0 Å². The number of hydrogen-bond donors (Lipinski definition) is 2. The van der Waals surface area contributed by atoms with Gasteiger partial charge in [-0.15, -0.1) is 0 Å². The fraction of sp³-hybridized carbons (Fsp3) is 0.727. The van der Waals surface area contributed by atoms with Crippen molar-refractivity contribution in [2.75, 3.05) is 19.6 Å². The summed E-state index contributed by atoms with van der Waals surface area (Å²) in [6.07, 6.45) is 3.39. The van der Waals surface area contributed by atoms with Gasteiger partial charge in [0.2, 0.25) is 11.8 Å². The van der Waals surface area contributed by atoms with Gasteiger partial charge in [-0.1, -0.05) is 25.1 Å². The van der Waals surface area contributed by atoms with E-state index in [2.05, 4.69) is 5.32 Å². The molecule has 6 heteroatoms. The second kappa shape index (κ2) is 4.60. The Bertz CT molecular complexity index is 364. The lowest BCUT2D eigenvalue weighted by molar-refractivity contribution is -0.143. The first-order chi connectivity index (χ1) is 8.06. The zero-order chi connectivity index (χ0) is 12.5. The van der Waals surface area contributed by atoms with Crippen LogP contribution >= 0.6 is 12.2 Å². The Morgan fingerprint density at radius 3 is 2.59 bits per heavy atom. The summed E-state index contributed by atoms with van der Waals surface area (Å²) in [6, 6.07) is 0. The van der Waals surface area contributed by atoms with Gasteiger partial charge >= 0.3 is 0 Å². The Hall–Kier alpha value is -1.17. The minimum absolute atomic E-state index is 0.0580. The van der Waals surface area contributed by atoms with E-state index in [0.29, 0.717) is 13.1 Å². The van der Waals surface area contributed by atoms with Crippen molar-refractivity contribution < 1.29 is 9.59 Å². The first kappa shape index (κ1) is 12.3. The summed E-state index contributed by atoms with van der Waals surface area (Å²) in [7, 11) is 0. The second-order valence-corrected chi connectivity index (χ2v) is 5.17. The van der Waals surface area contributed by atoms with Gasteiger partial charge in [0.1, 0.15) is 0 Å². The number of amides is 2. The van der Waals surface area contributed by atoms with Crippen molar-refractivity contribution in [3.05, 3.63) is 0 Å². The Morgan fingerprint density at radius 1 is 1.41 bits per heavy atom. The molecular weight excluding hydrogens is 238 g/mol. The quantitative estimate of drug-likeness (QED) is 0.670. The molecule has 1 heterocycles. The van der Waals surface area contributed by atoms with Gasteiger partial charge < -0.3 is 16.0 Å². The van der Waals surface area contributed by atoms with Crippen molar-refractivity contribution in [1.82, 2.24) is 10.2 Å². The van der Waals surface area contributed by atoms with E-state index < -0.39 is 5.41 Å². The molecule has 0 radical (unpaired) electrons. The highest BCUT2D eigenvalue weighted by molar-refractivity contribution is 7.80. The summed E-state index contributed by atoms with van der Waals surface area (Å²) < 4.78 is 0. The van der Waals surface area contributed by atoms with E-state index in [-0.39, 0.29) is 23.3 Å². The molecule has 0 aromatic rings. The van der Waals surface area contributed by atoms with E-state index in [9.17, 15) is 9.59 Å². The van der Waals surface area contributed by atoms with Crippen LogP contribution < -0.4 is 11.1 Å². The summed E-state index contributed by atoms with van der Waals surface area (Å²) in [5.74, 6) is -0.168. The second-order valence-electron chi connectivity index (χ2n) is 4.73. The first-order valence-electron chi connectivity index (χ1n) is 5.92. The Kier molecular flexibility index (Phi) is 3.33.